The van der Waals surface area contributed by atoms with Gasteiger partial charge in [-0.1, -0.05) is 12.1 Å². The fraction of sp³-hybridized carbons (Fsp3) is 0.542. The van der Waals surface area contributed by atoms with E-state index >= 15 is 0 Å². The molecule has 0 bridgehead atoms. The van der Waals surface area contributed by atoms with Gasteiger partial charge in [0.1, 0.15) is 48.5 Å². The fourth-order valence-electron chi connectivity index (χ4n) is 5.12. The van der Waals surface area contributed by atoms with Crippen LogP contribution in [0.15, 0.2) is 42.7 Å². The van der Waals surface area contributed by atoms with Crippen LogP contribution in [0, 0.1) is 11.8 Å². The summed E-state index contributed by atoms with van der Waals surface area (Å²) in [7, 11) is 0. The highest BCUT2D eigenvalue weighted by atomic mass is 16.8. The number of hydrogen-bond acceptors (Lipinski definition) is 12. The lowest BCUT2D eigenvalue weighted by Crippen LogP contribution is -2.60. The number of ether oxygens (including phenoxy) is 5. The quantitative estimate of drug-likeness (QED) is 0.141. The summed E-state index contributed by atoms with van der Waals surface area (Å²) in [6, 6.07) is 6.11. The van der Waals surface area contributed by atoms with E-state index in [0.29, 0.717) is 5.56 Å². The number of benzene rings is 1. The zero-order valence-corrected chi connectivity index (χ0v) is 18.9. The van der Waals surface area contributed by atoms with E-state index in [1.807, 2.05) is 0 Å². The molecule has 6 N–H and O–H groups in total. The molecule has 196 valence electrons. The van der Waals surface area contributed by atoms with E-state index in [2.05, 4.69) is 0 Å². The van der Waals surface area contributed by atoms with E-state index in [9.17, 15) is 35.4 Å². The van der Waals surface area contributed by atoms with Crippen molar-refractivity contribution in [2.24, 2.45) is 11.8 Å². The molecule has 1 saturated carbocycles. The molecule has 1 aromatic carbocycles. The third kappa shape index (κ3) is 4.40. The van der Waals surface area contributed by atoms with Crippen LogP contribution < -0.4 is 0 Å². The van der Waals surface area contributed by atoms with Crippen LogP contribution in [0.25, 0.3) is 6.08 Å². The molecule has 0 spiro atoms. The van der Waals surface area contributed by atoms with Crippen molar-refractivity contribution >= 4 is 12.0 Å². The molecule has 0 unspecified atom stereocenters. The standard InChI is InChI=1S/C24H28O12/c25-10-24-16-13(17(28)21(24)36-24)7-8-32-22(16)35-23-20(31)19(30)18(29)14(34-23)9-33-15(27)6-3-11-1-4-12(26)5-2-11/h1-8,13-14,16-23,25-26,28-31H,9-10H2/b6-3+/t13-,14-,16-,17+,18-,19+,20+,21+,22+,23+,24-/m1/s1. The second-order valence-corrected chi connectivity index (χ2v) is 9.28. The number of aromatic hydroxyl groups is 1. The van der Waals surface area contributed by atoms with Gasteiger partial charge in [0.2, 0.25) is 6.29 Å². The van der Waals surface area contributed by atoms with Gasteiger partial charge in [0.15, 0.2) is 6.29 Å². The van der Waals surface area contributed by atoms with Gasteiger partial charge in [0.25, 0.3) is 0 Å². The van der Waals surface area contributed by atoms with Gasteiger partial charge >= 0.3 is 5.97 Å². The highest BCUT2D eigenvalue weighted by Crippen LogP contribution is 2.59. The number of aliphatic hydroxyl groups excluding tert-OH is 5. The number of carbonyl (C=O) groups excluding carboxylic acids is 1. The third-order valence-corrected chi connectivity index (χ3v) is 7.14. The monoisotopic (exact) mass is 508 g/mol. The fourth-order valence-corrected chi connectivity index (χ4v) is 5.12. The average Bonchev–Trinajstić information content (AvgIpc) is 3.57. The van der Waals surface area contributed by atoms with Crippen molar-refractivity contribution < 1.29 is 59.1 Å². The number of aliphatic hydroxyl groups is 5. The van der Waals surface area contributed by atoms with Gasteiger partial charge in [-0.3, -0.25) is 0 Å². The van der Waals surface area contributed by atoms with Crippen molar-refractivity contribution in [2.45, 2.75) is 54.8 Å². The molecule has 1 aromatic rings. The topological polar surface area (TPSA) is 188 Å². The van der Waals surface area contributed by atoms with Crippen LogP contribution in [-0.4, -0.2) is 105 Å². The summed E-state index contributed by atoms with van der Waals surface area (Å²) >= 11 is 0. The van der Waals surface area contributed by atoms with Gasteiger partial charge in [0, 0.05) is 12.0 Å². The Morgan fingerprint density at radius 1 is 1.03 bits per heavy atom. The van der Waals surface area contributed by atoms with Crippen molar-refractivity contribution in [1.82, 2.24) is 0 Å². The second-order valence-electron chi connectivity index (χ2n) is 9.28. The molecule has 4 aliphatic rings. The number of rotatable bonds is 7. The zero-order chi connectivity index (χ0) is 25.6. The first-order valence-electron chi connectivity index (χ1n) is 11.5. The third-order valence-electron chi connectivity index (χ3n) is 7.14. The Labute approximate surface area is 205 Å². The second kappa shape index (κ2) is 9.72. The van der Waals surface area contributed by atoms with Crippen LogP contribution >= 0.6 is 0 Å². The highest BCUT2D eigenvalue weighted by molar-refractivity contribution is 5.87. The molecule has 12 heteroatoms. The summed E-state index contributed by atoms with van der Waals surface area (Å²) in [4.78, 5) is 12.1. The number of epoxide rings is 1. The Bertz CT molecular complexity index is 1010. The molecule has 12 nitrogen and oxygen atoms in total. The van der Waals surface area contributed by atoms with E-state index in [1.165, 1.54) is 24.5 Å². The molecule has 2 saturated heterocycles. The summed E-state index contributed by atoms with van der Waals surface area (Å²) in [6.45, 7) is -0.829. The Balaban J connectivity index is 1.22. The van der Waals surface area contributed by atoms with Crippen LogP contribution in [0.5, 0.6) is 5.75 Å². The predicted octanol–water partition coefficient (Wildman–Crippen LogP) is -1.62. The number of fused-ring (bicyclic) bond motifs is 3. The van der Waals surface area contributed by atoms with Crippen molar-refractivity contribution in [3.8, 4) is 5.75 Å². The number of hydrogen-bond donors (Lipinski definition) is 6. The molecule has 11 atom stereocenters. The minimum Gasteiger partial charge on any atom is -0.508 e. The largest absolute Gasteiger partial charge is 0.508 e. The molecule has 0 aromatic heterocycles. The first-order chi connectivity index (χ1) is 17.2. The van der Waals surface area contributed by atoms with Crippen molar-refractivity contribution in [3.05, 3.63) is 48.2 Å². The molecular formula is C24H28O12. The summed E-state index contributed by atoms with van der Waals surface area (Å²) in [5.41, 5.74) is -0.416. The SMILES string of the molecule is O=C(/C=C/c1ccc(O)cc1)OC[C@H]1O[C@@H](O[C@@H]2OC=C[C@H]3[C@H](O)[C@@H]4O[C@]4(CO)[C@@H]23)[C@@H](O)[C@@H](O)[C@@H]1O. The minimum atomic E-state index is -1.68. The molecule has 5 rings (SSSR count). The predicted molar refractivity (Wildman–Crippen MR) is 118 cm³/mol. The van der Waals surface area contributed by atoms with Crippen LogP contribution in [0.2, 0.25) is 0 Å². The van der Waals surface area contributed by atoms with Gasteiger partial charge in [0.05, 0.1) is 24.9 Å². The lowest BCUT2D eigenvalue weighted by Gasteiger charge is -2.43. The lowest BCUT2D eigenvalue weighted by atomic mass is 9.85. The molecule has 3 aliphatic heterocycles. The van der Waals surface area contributed by atoms with Gasteiger partial charge < -0.3 is 54.3 Å². The molecule has 0 amide bonds. The molecule has 1 aliphatic carbocycles. The maximum absolute atomic E-state index is 12.1. The Morgan fingerprint density at radius 3 is 2.50 bits per heavy atom. The summed E-state index contributed by atoms with van der Waals surface area (Å²) in [5.74, 6) is -1.71. The first-order valence-corrected chi connectivity index (χ1v) is 11.5. The smallest absolute Gasteiger partial charge is 0.330 e. The van der Waals surface area contributed by atoms with Crippen LogP contribution in [-0.2, 0) is 28.5 Å². The Kier molecular flexibility index (Phi) is 6.78. The maximum Gasteiger partial charge on any atom is 0.330 e. The van der Waals surface area contributed by atoms with E-state index in [1.54, 1.807) is 18.2 Å². The number of phenolic OH excluding ortho intramolecular Hbond substituents is 1. The van der Waals surface area contributed by atoms with Crippen LogP contribution in [0.1, 0.15) is 5.56 Å². The van der Waals surface area contributed by atoms with Crippen molar-refractivity contribution in [1.29, 1.82) is 0 Å². The number of esters is 1. The van der Waals surface area contributed by atoms with Gasteiger partial charge in [-0.25, -0.2) is 4.79 Å². The van der Waals surface area contributed by atoms with E-state index in [0.717, 1.165) is 6.08 Å². The summed E-state index contributed by atoms with van der Waals surface area (Å²) < 4.78 is 27.6. The number of phenols is 1. The maximum atomic E-state index is 12.1. The van der Waals surface area contributed by atoms with Gasteiger partial charge in [-0.05, 0) is 29.8 Å². The van der Waals surface area contributed by atoms with Gasteiger partial charge in [-0.15, -0.1) is 0 Å². The molecule has 0 radical (unpaired) electrons. The molecular weight excluding hydrogens is 480 g/mol. The van der Waals surface area contributed by atoms with Crippen LogP contribution in [0.3, 0.4) is 0 Å². The summed E-state index contributed by atoms with van der Waals surface area (Å²) in [5, 5.41) is 60.8. The number of carbonyl (C=O) groups is 1. The van der Waals surface area contributed by atoms with E-state index in [4.69, 9.17) is 23.7 Å². The van der Waals surface area contributed by atoms with E-state index < -0.39 is 79.2 Å². The minimum absolute atomic E-state index is 0.0842. The normalized spacial score (nSPS) is 43.0. The molecule has 3 heterocycles. The first kappa shape index (κ1) is 25.1. The Hall–Kier alpha value is -2.55. The highest BCUT2D eigenvalue weighted by Gasteiger charge is 2.75. The van der Waals surface area contributed by atoms with Gasteiger partial charge in [-0.2, -0.15) is 0 Å². The zero-order valence-electron chi connectivity index (χ0n) is 18.9. The lowest BCUT2D eigenvalue weighted by molar-refractivity contribution is -0.344. The van der Waals surface area contributed by atoms with Crippen molar-refractivity contribution in [2.75, 3.05) is 13.2 Å². The molecule has 36 heavy (non-hydrogen) atoms. The average molecular weight is 508 g/mol. The summed E-state index contributed by atoms with van der Waals surface area (Å²) in [6.07, 6.45) is -4.61. The molecule has 3 fully saturated rings. The van der Waals surface area contributed by atoms with Crippen molar-refractivity contribution in [3.63, 3.8) is 0 Å². The van der Waals surface area contributed by atoms with E-state index in [-0.39, 0.29) is 12.4 Å². The van der Waals surface area contributed by atoms with Crippen LogP contribution in [0.4, 0.5) is 0 Å². The Morgan fingerprint density at radius 2 is 1.78 bits per heavy atom.